The number of alkyl halides is 6. The summed E-state index contributed by atoms with van der Waals surface area (Å²) in [6.07, 6.45) is -7.29. The number of nitrogens with zero attached hydrogens (tertiary/aromatic N) is 1. The van der Waals surface area contributed by atoms with E-state index >= 15 is 0 Å². The average Bonchev–Trinajstić information content (AvgIpc) is 3.52. The van der Waals surface area contributed by atoms with Crippen LogP contribution in [0.1, 0.15) is 32.8 Å². The highest BCUT2D eigenvalue weighted by Gasteiger charge is 2.41. The standard InChI is InChI=1S/C28H20F6N2O5S4/c1-45(41)7-6-21(23(37)35-19-4-2-14(3-5-19)25(39)40)36-24(38)22(44-26(36)42)12-20-10-16(13-43-20)15-8-17(27(29,30)31)11-18(9-15)28(32,33)34/h2-5,8-13,21H,6-7H2,1H3,(H,35,37)(H,39,40)/b22-12-/t21-,45?/m0/s1. The molecule has 1 aliphatic heterocycles. The fourth-order valence-electron chi connectivity index (χ4n) is 4.16. The zero-order chi connectivity index (χ0) is 33.3. The zero-order valence-corrected chi connectivity index (χ0v) is 26.0. The van der Waals surface area contributed by atoms with E-state index in [1.54, 1.807) is 0 Å². The van der Waals surface area contributed by atoms with Crippen LogP contribution in [0.3, 0.4) is 0 Å². The summed E-state index contributed by atoms with van der Waals surface area (Å²) in [6, 6.07) is 6.65. The summed E-state index contributed by atoms with van der Waals surface area (Å²) in [5.74, 6) is -2.48. The first kappa shape index (κ1) is 34.3. The maximum absolute atomic E-state index is 13.5. The lowest BCUT2D eigenvalue weighted by Gasteiger charge is -2.25. The van der Waals surface area contributed by atoms with Gasteiger partial charge in [-0.1, -0.05) is 24.0 Å². The van der Waals surface area contributed by atoms with E-state index in [2.05, 4.69) is 5.32 Å². The number of aromatic carboxylic acids is 1. The Balaban J connectivity index is 1.61. The summed E-state index contributed by atoms with van der Waals surface area (Å²) < 4.78 is 91.8. The minimum absolute atomic E-state index is 0.000938. The van der Waals surface area contributed by atoms with Crippen LogP contribution < -0.4 is 5.32 Å². The van der Waals surface area contributed by atoms with Crippen LogP contribution in [0.15, 0.2) is 58.8 Å². The van der Waals surface area contributed by atoms with Crippen LogP contribution in [0.25, 0.3) is 17.2 Å². The van der Waals surface area contributed by atoms with E-state index in [1.165, 1.54) is 48.0 Å². The summed E-state index contributed by atoms with van der Waals surface area (Å²) in [5, 5.41) is 13.0. The minimum Gasteiger partial charge on any atom is -0.478 e. The number of hydrogen-bond acceptors (Lipinski definition) is 7. The van der Waals surface area contributed by atoms with Crippen LogP contribution in [0, 0.1) is 0 Å². The SMILES string of the molecule is CS(=O)CC[C@@H](C(=O)Nc1ccc(C(=O)O)cc1)N1C(=O)/C(=C/c2cc(-c3cc(C(F)(F)F)cc(C(F)(F)F)c3)cs2)SC1=S. The molecule has 2 amide bonds. The van der Waals surface area contributed by atoms with Gasteiger partial charge in [0.25, 0.3) is 5.91 Å². The Kier molecular flexibility index (Phi) is 10.3. The van der Waals surface area contributed by atoms with Crippen molar-refractivity contribution in [1.29, 1.82) is 0 Å². The summed E-state index contributed by atoms with van der Waals surface area (Å²) in [5.41, 5.74) is -2.95. The highest BCUT2D eigenvalue weighted by atomic mass is 32.2. The lowest BCUT2D eigenvalue weighted by atomic mass is 10.0. The number of carboxylic acids is 1. The highest BCUT2D eigenvalue weighted by Crippen LogP contribution is 2.41. The summed E-state index contributed by atoms with van der Waals surface area (Å²) >= 11 is 7.18. The van der Waals surface area contributed by atoms with Gasteiger partial charge in [-0.25, -0.2) is 4.79 Å². The summed E-state index contributed by atoms with van der Waals surface area (Å²) in [7, 11) is -1.34. The van der Waals surface area contributed by atoms with Gasteiger partial charge in [0, 0.05) is 33.4 Å². The Morgan fingerprint density at radius 1 is 1.02 bits per heavy atom. The molecule has 2 heterocycles. The topological polar surface area (TPSA) is 104 Å². The number of carbonyl (C=O) groups is 3. The molecule has 7 nitrogen and oxygen atoms in total. The maximum atomic E-state index is 13.5. The van der Waals surface area contributed by atoms with Gasteiger partial charge in [0.2, 0.25) is 5.91 Å². The molecule has 3 aromatic rings. The molecule has 45 heavy (non-hydrogen) atoms. The number of carbonyl (C=O) groups excluding carboxylic acids is 2. The number of benzene rings is 2. The Bertz CT molecular complexity index is 1680. The van der Waals surface area contributed by atoms with Crippen molar-refractivity contribution in [3.8, 4) is 11.1 Å². The van der Waals surface area contributed by atoms with Crippen LogP contribution >= 0.6 is 35.3 Å². The second-order valence-electron chi connectivity index (χ2n) is 9.54. The van der Waals surface area contributed by atoms with E-state index in [0.29, 0.717) is 17.0 Å². The first-order chi connectivity index (χ1) is 20.9. The molecule has 0 saturated carbocycles. The number of rotatable bonds is 9. The fraction of sp³-hybridized carbons (Fsp3) is 0.214. The van der Waals surface area contributed by atoms with Crippen LogP contribution in [0.4, 0.5) is 32.0 Å². The Morgan fingerprint density at radius 3 is 2.16 bits per heavy atom. The predicted molar refractivity (Wildman–Crippen MR) is 164 cm³/mol. The van der Waals surface area contributed by atoms with Crippen molar-refractivity contribution >= 4 is 80.0 Å². The van der Waals surface area contributed by atoms with Crippen LogP contribution in [-0.4, -0.2) is 54.4 Å². The second kappa shape index (κ2) is 13.4. The summed E-state index contributed by atoms with van der Waals surface area (Å²) in [4.78, 5) is 39.3. The highest BCUT2D eigenvalue weighted by molar-refractivity contribution is 8.26. The van der Waals surface area contributed by atoms with Gasteiger partial charge in [0.15, 0.2) is 0 Å². The molecular formula is C28H20F6N2O5S4. The van der Waals surface area contributed by atoms with Crippen LogP contribution in [0.5, 0.6) is 0 Å². The first-order valence-corrected chi connectivity index (χ1v) is 16.4. The van der Waals surface area contributed by atoms with Gasteiger partial charge in [-0.15, -0.1) is 11.3 Å². The number of anilines is 1. The van der Waals surface area contributed by atoms with Gasteiger partial charge < -0.3 is 10.4 Å². The van der Waals surface area contributed by atoms with E-state index in [9.17, 15) is 44.9 Å². The molecule has 2 N–H and O–H groups in total. The molecule has 1 aromatic heterocycles. The number of hydrogen-bond donors (Lipinski definition) is 2. The van der Waals surface area contributed by atoms with E-state index in [-0.39, 0.29) is 49.8 Å². The molecule has 2 atom stereocenters. The number of thiophene rings is 1. The number of nitrogens with one attached hydrogen (secondary N) is 1. The number of carboxylic acid groups (broad SMARTS) is 1. The average molecular weight is 707 g/mol. The lowest BCUT2D eigenvalue weighted by molar-refractivity contribution is -0.143. The molecule has 2 aromatic carbocycles. The quantitative estimate of drug-likeness (QED) is 0.139. The zero-order valence-electron chi connectivity index (χ0n) is 22.7. The molecule has 0 aliphatic carbocycles. The Hall–Kier alpha value is -3.54. The summed E-state index contributed by atoms with van der Waals surface area (Å²) in [6.45, 7) is 0. The van der Waals surface area contributed by atoms with Crippen molar-refractivity contribution in [2.45, 2.75) is 24.8 Å². The smallest absolute Gasteiger partial charge is 0.416 e. The molecule has 0 bridgehead atoms. The molecule has 1 aliphatic rings. The second-order valence-corrected chi connectivity index (χ2v) is 13.7. The van der Waals surface area contributed by atoms with Gasteiger partial charge in [0.05, 0.1) is 21.6 Å². The molecule has 4 rings (SSSR count). The van der Waals surface area contributed by atoms with E-state index in [4.69, 9.17) is 17.3 Å². The lowest BCUT2D eigenvalue weighted by Crippen LogP contribution is -2.47. The van der Waals surface area contributed by atoms with Crippen molar-refractivity contribution in [3.05, 3.63) is 80.4 Å². The molecule has 17 heteroatoms. The molecule has 1 saturated heterocycles. The third-order valence-electron chi connectivity index (χ3n) is 6.33. The predicted octanol–water partition coefficient (Wildman–Crippen LogP) is 7.13. The van der Waals surface area contributed by atoms with Gasteiger partial charge >= 0.3 is 18.3 Å². The normalized spacial score (nSPS) is 16.2. The third-order valence-corrected chi connectivity index (χ3v) is 9.35. The number of thioether (sulfide) groups is 1. The minimum atomic E-state index is -5.02. The van der Waals surface area contributed by atoms with Gasteiger partial charge in [-0.3, -0.25) is 18.7 Å². The largest absolute Gasteiger partial charge is 0.478 e. The Morgan fingerprint density at radius 2 is 1.62 bits per heavy atom. The molecule has 0 spiro atoms. The monoisotopic (exact) mass is 706 g/mol. The van der Waals surface area contributed by atoms with Crippen molar-refractivity contribution in [3.63, 3.8) is 0 Å². The number of amides is 2. The van der Waals surface area contributed by atoms with Gasteiger partial charge in [0.1, 0.15) is 10.4 Å². The number of thiocarbonyl (C=S) groups is 1. The van der Waals surface area contributed by atoms with Gasteiger partial charge in [-0.2, -0.15) is 26.3 Å². The van der Waals surface area contributed by atoms with E-state index in [0.717, 1.165) is 28.0 Å². The van der Waals surface area contributed by atoms with E-state index < -0.39 is 58.1 Å². The fourth-order valence-corrected chi connectivity index (χ4v) is 6.98. The van der Waals surface area contributed by atoms with E-state index in [1.807, 2.05) is 0 Å². The van der Waals surface area contributed by atoms with Crippen molar-refractivity contribution < 1.29 is 50.0 Å². The molecule has 1 unspecified atom stereocenters. The molecule has 238 valence electrons. The van der Waals surface area contributed by atoms with Crippen LogP contribution in [0.2, 0.25) is 0 Å². The van der Waals surface area contributed by atoms with Crippen LogP contribution in [-0.2, 0) is 32.7 Å². The number of halogens is 6. The first-order valence-electron chi connectivity index (χ1n) is 12.5. The van der Waals surface area contributed by atoms with Crippen molar-refractivity contribution in [2.75, 3.05) is 17.3 Å². The molecular weight excluding hydrogens is 687 g/mol. The van der Waals surface area contributed by atoms with Crippen molar-refractivity contribution in [1.82, 2.24) is 4.90 Å². The Labute approximate surface area is 267 Å². The molecule has 0 radical (unpaired) electrons. The third kappa shape index (κ3) is 8.39. The van der Waals surface area contributed by atoms with Crippen molar-refractivity contribution in [2.24, 2.45) is 0 Å². The maximum Gasteiger partial charge on any atom is 0.416 e. The molecule has 1 fully saturated rings. The van der Waals surface area contributed by atoms with Gasteiger partial charge in [-0.05, 0) is 77.5 Å².